The summed E-state index contributed by atoms with van der Waals surface area (Å²) >= 11 is 6.38. The van der Waals surface area contributed by atoms with Crippen molar-refractivity contribution in [2.75, 3.05) is 6.61 Å². The number of hydrogen-bond acceptors (Lipinski definition) is 1. The lowest BCUT2D eigenvalue weighted by atomic mass is 9.67. The number of aliphatic hydroxyl groups excluding tert-OH is 1. The molecule has 1 nitrogen and oxygen atoms in total. The highest BCUT2D eigenvalue weighted by Gasteiger charge is 2.35. The van der Waals surface area contributed by atoms with Crippen LogP contribution < -0.4 is 0 Å². The van der Waals surface area contributed by atoms with Gasteiger partial charge in [-0.1, -0.05) is 49.9 Å². The van der Waals surface area contributed by atoms with Crippen molar-refractivity contribution >= 4 is 11.6 Å². The van der Waals surface area contributed by atoms with Gasteiger partial charge in [-0.05, 0) is 67.6 Å². The Balaban J connectivity index is 1.99. The van der Waals surface area contributed by atoms with Gasteiger partial charge in [0.1, 0.15) is 0 Å². The molecule has 0 aliphatic heterocycles. The molecule has 1 aliphatic rings. The van der Waals surface area contributed by atoms with Crippen LogP contribution in [-0.2, 0) is 6.42 Å². The average Bonchev–Trinajstić information content (AvgIpc) is 2.49. The number of aryl methyl sites for hydroxylation is 1. The van der Waals surface area contributed by atoms with Gasteiger partial charge in [-0.25, -0.2) is 0 Å². The van der Waals surface area contributed by atoms with Gasteiger partial charge in [-0.3, -0.25) is 0 Å². The first-order valence-corrected chi connectivity index (χ1v) is 8.82. The van der Waals surface area contributed by atoms with Gasteiger partial charge >= 0.3 is 0 Å². The van der Waals surface area contributed by atoms with Crippen LogP contribution in [0.15, 0.2) is 18.2 Å². The Bertz CT molecular complexity index is 447. The first kappa shape index (κ1) is 16.8. The first-order chi connectivity index (χ1) is 10.1. The quantitative estimate of drug-likeness (QED) is 0.730. The van der Waals surface area contributed by atoms with Crippen LogP contribution in [0.25, 0.3) is 0 Å². The molecular weight excluding hydrogens is 280 g/mol. The van der Waals surface area contributed by atoms with Crippen molar-refractivity contribution in [3.63, 3.8) is 0 Å². The van der Waals surface area contributed by atoms with Crippen LogP contribution >= 0.6 is 11.6 Å². The van der Waals surface area contributed by atoms with Crippen molar-refractivity contribution in [2.45, 2.75) is 65.2 Å². The fraction of sp³-hybridized carbons (Fsp3) is 0.684. The van der Waals surface area contributed by atoms with E-state index in [0.29, 0.717) is 0 Å². The van der Waals surface area contributed by atoms with Crippen molar-refractivity contribution in [3.8, 4) is 0 Å². The van der Waals surface area contributed by atoms with Crippen LogP contribution in [0.1, 0.15) is 63.0 Å². The normalized spacial score (nSPS) is 26.0. The van der Waals surface area contributed by atoms with Crippen LogP contribution in [0.3, 0.4) is 0 Å². The molecular formula is C19H29ClO. The summed E-state index contributed by atoms with van der Waals surface area (Å²) in [6, 6.07) is 6.30. The maximum Gasteiger partial charge on any atom is 0.0490 e. The predicted molar refractivity (Wildman–Crippen MR) is 90.9 cm³/mol. The largest absolute Gasteiger partial charge is 0.396 e. The third kappa shape index (κ3) is 4.47. The zero-order valence-electron chi connectivity index (χ0n) is 13.5. The van der Waals surface area contributed by atoms with Crippen molar-refractivity contribution in [1.82, 2.24) is 0 Å². The van der Waals surface area contributed by atoms with Crippen LogP contribution in [0, 0.1) is 18.3 Å². The molecule has 1 saturated carbocycles. The molecule has 0 unspecified atom stereocenters. The summed E-state index contributed by atoms with van der Waals surface area (Å²) in [4.78, 5) is 0. The molecule has 1 fully saturated rings. The van der Waals surface area contributed by atoms with Crippen molar-refractivity contribution in [1.29, 1.82) is 0 Å². The summed E-state index contributed by atoms with van der Waals surface area (Å²) in [7, 11) is 0. The van der Waals surface area contributed by atoms with E-state index in [0.717, 1.165) is 30.2 Å². The molecule has 0 bridgehead atoms. The van der Waals surface area contributed by atoms with E-state index in [1.165, 1.54) is 43.2 Å². The number of hydrogen-bond donors (Lipinski definition) is 1. The Morgan fingerprint density at radius 2 is 2.00 bits per heavy atom. The molecule has 1 aromatic rings. The second kappa shape index (κ2) is 7.65. The Kier molecular flexibility index (Phi) is 6.13. The third-order valence-electron chi connectivity index (χ3n) is 5.24. The maximum atomic E-state index is 9.97. The molecule has 1 aromatic carbocycles. The fourth-order valence-electron chi connectivity index (χ4n) is 3.66. The molecule has 1 N–H and O–H groups in total. The molecule has 0 heterocycles. The lowest BCUT2D eigenvalue weighted by Crippen LogP contribution is -2.33. The van der Waals surface area contributed by atoms with Crippen LogP contribution in [0.5, 0.6) is 0 Å². The van der Waals surface area contributed by atoms with E-state index in [-0.39, 0.29) is 12.0 Å². The van der Waals surface area contributed by atoms with Gasteiger partial charge in [-0.15, -0.1) is 0 Å². The van der Waals surface area contributed by atoms with E-state index >= 15 is 0 Å². The Hall–Kier alpha value is -0.530. The van der Waals surface area contributed by atoms with Crippen LogP contribution in [0.2, 0.25) is 5.02 Å². The number of rotatable bonds is 6. The van der Waals surface area contributed by atoms with Crippen LogP contribution in [0.4, 0.5) is 0 Å². The smallest absolute Gasteiger partial charge is 0.0490 e. The van der Waals surface area contributed by atoms with Gasteiger partial charge < -0.3 is 5.11 Å². The standard InChI is InChI=1S/C19H29ClO/c1-3-4-5-16-8-10-19(14-21,11-9-16)13-17-7-6-15(2)12-18(17)20/h6-7,12,16,21H,3-5,8-11,13-14H2,1-2H3. The van der Waals surface area contributed by atoms with Crippen LogP contribution in [-0.4, -0.2) is 11.7 Å². The molecule has 0 aromatic heterocycles. The monoisotopic (exact) mass is 308 g/mol. The van der Waals surface area contributed by atoms with E-state index in [1.807, 2.05) is 6.07 Å². The highest BCUT2D eigenvalue weighted by Crippen LogP contribution is 2.43. The van der Waals surface area contributed by atoms with E-state index < -0.39 is 0 Å². The highest BCUT2D eigenvalue weighted by atomic mass is 35.5. The number of benzene rings is 1. The lowest BCUT2D eigenvalue weighted by molar-refractivity contribution is 0.0621. The summed E-state index contributed by atoms with van der Waals surface area (Å²) < 4.78 is 0. The molecule has 1 aliphatic carbocycles. The minimum atomic E-state index is 0.0572. The lowest BCUT2D eigenvalue weighted by Gasteiger charge is -2.39. The molecule has 2 rings (SSSR count). The van der Waals surface area contributed by atoms with E-state index in [4.69, 9.17) is 11.6 Å². The zero-order chi connectivity index (χ0) is 15.3. The minimum Gasteiger partial charge on any atom is -0.396 e. The summed E-state index contributed by atoms with van der Waals surface area (Å²) in [6.07, 6.45) is 9.74. The Labute approximate surface area is 134 Å². The predicted octanol–water partition coefficient (Wildman–Crippen LogP) is 5.55. The summed E-state index contributed by atoms with van der Waals surface area (Å²) in [6.45, 7) is 4.62. The summed E-state index contributed by atoms with van der Waals surface area (Å²) in [5, 5.41) is 10.8. The highest BCUT2D eigenvalue weighted by molar-refractivity contribution is 6.31. The maximum absolute atomic E-state index is 9.97. The molecule has 0 saturated heterocycles. The van der Waals surface area contributed by atoms with Gasteiger partial charge in [0.15, 0.2) is 0 Å². The molecule has 0 radical (unpaired) electrons. The molecule has 0 amide bonds. The molecule has 0 spiro atoms. The van der Waals surface area contributed by atoms with E-state index in [2.05, 4.69) is 26.0 Å². The van der Waals surface area contributed by atoms with Gasteiger partial charge in [0.05, 0.1) is 0 Å². The molecule has 21 heavy (non-hydrogen) atoms. The fourth-order valence-corrected chi connectivity index (χ4v) is 3.96. The third-order valence-corrected chi connectivity index (χ3v) is 5.59. The summed E-state index contributed by atoms with van der Waals surface area (Å²) in [5.41, 5.74) is 2.45. The zero-order valence-corrected chi connectivity index (χ0v) is 14.3. The van der Waals surface area contributed by atoms with Gasteiger partial charge in [0, 0.05) is 11.6 Å². The number of unbranched alkanes of at least 4 members (excludes halogenated alkanes) is 1. The molecule has 2 heteroatoms. The van der Waals surface area contributed by atoms with Gasteiger partial charge in [-0.2, -0.15) is 0 Å². The topological polar surface area (TPSA) is 20.2 Å². The van der Waals surface area contributed by atoms with Crippen molar-refractivity contribution in [2.24, 2.45) is 11.3 Å². The Morgan fingerprint density at radius 3 is 2.57 bits per heavy atom. The number of aliphatic hydroxyl groups is 1. The molecule has 118 valence electrons. The van der Waals surface area contributed by atoms with Gasteiger partial charge in [0.2, 0.25) is 0 Å². The minimum absolute atomic E-state index is 0.0572. The van der Waals surface area contributed by atoms with Crippen molar-refractivity contribution in [3.05, 3.63) is 34.3 Å². The first-order valence-electron chi connectivity index (χ1n) is 8.44. The molecule has 0 atom stereocenters. The second-order valence-electron chi connectivity index (χ2n) is 7.02. The van der Waals surface area contributed by atoms with Crippen molar-refractivity contribution < 1.29 is 5.11 Å². The van der Waals surface area contributed by atoms with E-state index in [9.17, 15) is 5.11 Å². The Morgan fingerprint density at radius 1 is 1.29 bits per heavy atom. The number of halogens is 1. The second-order valence-corrected chi connectivity index (χ2v) is 7.42. The SMILES string of the molecule is CCCCC1CCC(CO)(Cc2ccc(C)cc2Cl)CC1. The summed E-state index contributed by atoms with van der Waals surface area (Å²) in [5.74, 6) is 0.873. The van der Waals surface area contributed by atoms with E-state index in [1.54, 1.807) is 0 Å². The van der Waals surface area contributed by atoms with Gasteiger partial charge in [0.25, 0.3) is 0 Å². The average molecular weight is 309 g/mol.